The molecule has 2 amide bonds. The van der Waals surface area contributed by atoms with Crippen LogP contribution in [0.5, 0.6) is 0 Å². The summed E-state index contributed by atoms with van der Waals surface area (Å²) in [5.41, 5.74) is 3.87. The number of aromatic nitrogens is 3. The summed E-state index contributed by atoms with van der Waals surface area (Å²) < 4.78 is 0. The van der Waals surface area contributed by atoms with Crippen molar-refractivity contribution in [2.45, 2.75) is 20.3 Å². The molecule has 0 radical (unpaired) electrons. The minimum absolute atomic E-state index is 0.186. The molecule has 1 aliphatic rings. The average Bonchev–Trinajstić information content (AvgIpc) is 3.38. The SMILES string of the molecule is Cc1nc(-c2ccc(C)c(NC(=O)NC[C@H]3CCN(c4ccccc4)C3)c2)n[nH]1. The Morgan fingerprint density at radius 1 is 1.21 bits per heavy atom. The fourth-order valence-electron chi connectivity index (χ4n) is 3.64. The van der Waals surface area contributed by atoms with Crippen molar-refractivity contribution in [3.05, 3.63) is 59.9 Å². The summed E-state index contributed by atoms with van der Waals surface area (Å²) in [6.45, 7) is 6.47. The second-order valence-electron chi connectivity index (χ2n) is 7.55. The predicted octanol–water partition coefficient (Wildman–Crippen LogP) is 3.74. The smallest absolute Gasteiger partial charge is 0.319 e. The Labute approximate surface area is 170 Å². The Morgan fingerprint density at radius 2 is 2.03 bits per heavy atom. The molecule has 0 saturated carbocycles. The normalized spacial score (nSPS) is 16.1. The second kappa shape index (κ2) is 8.34. The minimum Gasteiger partial charge on any atom is -0.371 e. The van der Waals surface area contributed by atoms with Gasteiger partial charge in [0.05, 0.1) is 0 Å². The summed E-state index contributed by atoms with van der Waals surface area (Å²) in [5, 5.41) is 13.0. The highest BCUT2D eigenvalue weighted by atomic mass is 16.2. The molecule has 0 aliphatic carbocycles. The van der Waals surface area contributed by atoms with Crippen molar-refractivity contribution in [1.29, 1.82) is 0 Å². The molecule has 1 fully saturated rings. The van der Waals surface area contributed by atoms with Crippen LogP contribution in [0.1, 0.15) is 17.8 Å². The van der Waals surface area contributed by atoms with Gasteiger partial charge in [0.2, 0.25) is 0 Å². The first kappa shape index (κ1) is 19.0. The van der Waals surface area contributed by atoms with Crippen molar-refractivity contribution >= 4 is 17.4 Å². The Morgan fingerprint density at radius 3 is 2.79 bits per heavy atom. The number of hydrogen-bond acceptors (Lipinski definition) is 4. The molecule has 7 heteroatoms. The van der Waals surface area contributed by atoms with Crippen LogP contribution in [0.15, 0.2) is 48.5 Å². The van der Waals surface area contributed by atoms with E-state index in [2.05, 4.69) is 55.0 Å². The number of rotatable bonds is 5. The van der Waals surface area contributed by atoms with Gasteiger partial charge in [-0.2, -0.15) is 5.10 Å². The molecule has 2 heterocycles. The zero-order valence-corrected chi connectivity index (χ0v) is 16.8. The Bertz CT molecular complexity index is 984. The molecular formula is C22H26N6O. The minimum atomic E-state index is -0.186. The maximum absolute atomic E-state index is 12.5. The number of anilines is 2. The lowest BCUT2D eigenvalue weighted by atomic mass is 10.1. The number of nitrogens with one attached hydrogen (secondary N) is 3. The molecule has 3 aromatic rings. The van der Waals surface area contributed by atoms with Crippen LogP contribution in [0, 0.1) is 19.8 Å². The number of nitrogens with zero attached hydrogens (tertiary/aromatic N) is 3. The summed E-state index contributed by atoms with van der Waals surface area (Å²) in [7, 11) is 0. The van der Waals surface area contributed by atoms with E-state index in [1.807, 2.05) is 38.1 Å². The summed E-state index contributed by atoms with van der Waals surface area (Å²) in [6, 6.07) is 16.1. The number of hydrogen-bond donors (Lipinski definition) is 3. The third-order valence-electron chi connectivity index (χ3n) is 5.30. The van der Waals surface area contributed by atoms with Crippen LogP contribution in [0.25, 0.3) is 11.4 Å². The van der Waals surface area contributed by atoms with Gasteiger partial charge in [-0.25, -0.2) is 9.78 Å². The number of aryl methyl sites for hydroxylation is 2. The monoisotopic (exact) mass is 390 g/mol. The first-order valence-corrected chi connectivity index (χ1v) is 9.93. The van der Waals surface area contributed by atoms with E-state index in [1.54, 1.807) is 0 Å². The van der Waals surface area contributed by atoms with Crippen LogP contribution >= 0.6 is 0 Å². The van der Waals surface area contributed by atoms with E-state index in [0.717, 1.165) is 42.1 Å². The lowest BCUT2D eigenvalue weighted by molar-refractivity contribution is 0.250. The molecular weight excluding hydrogens is 364 g/mol. The van der Waals surface area contributed by atoms with Crippen LogP contribution < -0.4 is 15.5 Å². The molecule has 0 bridgehead atoms. The third-order valence-corrected chi connectivity index (χ3v) is 5.30. The molecule has 2 aromatic carbocycles. The van der Waals surface area contributed by atoms with Crippen molar-refractivity contribution in [3.8, 4) is 11.4 Å². The fraction of sp³-hybridized carbons (Fsp3) is 0.318. The van der Waals surface area contributed by atoms with Gasteiger partial charge in [-0.1, -0.05) is 30.3 Å². The number of carbonyl (C=O) groups excluding carboxylic acids is 1. The highest BCUT2D eigenvalue weighted by Crippen LogP contribution is 2.24. The van der Waals surface area contributed by atoms with Crippen molar-refractivity contribution < 1.29 is 4.79 Å². The summed E-state index contributed by atoms with van der Waals surface area (Å²) in [6.07, 6.45) is 1.08. The summed E-state index contributed by atoms with van der Waals surface area (Å²) in [4.78, 5) is 19.2. The van der Waals surface area contributed by atoms with Gasteiger partial charge in [0, 0.05) is 36.6 Å². The maximum Gasteiger partial charge on any atom is 0.319 e. The Hall–Kier alpha value is -3.35. The first-order valence-electron chi connectivity index (χ1n) is 9.93. The summed E-state index contributed by atoms with van der Waals surface area (Å²) in [5.74, 6) is 1.83. The van der Waals surface area contributed by atoms with Crippen molar-refractivity contribution in [2.24, 2.45) is 5.92 Å². The number of aromatic amines is 1. The van der Waals surface area contributed by atoms with Crippen LogP contribution in [0.2, 0.25) is 0 Å². The van der Waals surface area contributed by atoms with Gasteiger partial charge in [-0.3, -0.25) is 5.10 Å². The highest BCUT2D eigenvalue weighted by Gasteiger charge is 2.23. The molecule has 4 rings (SSSR count). The molecule has 1 aliphatic heterocycles. The van der Waals surface area contributed by atoms with Crippen molar-refractivity contribution in [2.75, 3.05) is 29.9 Å². The van der Waals surface area contributed by atoms with Gasteiger partial charge >= 0.3 is 6.03 Å². The van der Waals surface area contributed by atoms with Gasteiger partial charge in [0.15, 0.2) is 5.82 Å². The van der Waals surface area contributed by atoms with Crippen molar-refractivity contribution in [1.82, 2.24) is 20.5 Å². The van der Waals surface area contributed by atoms with Gasteiger partial charge < -0.3 is 15.5 Å². The van der Waals surface area contributed by atoms with Gasteiger partial charge in [-0.05, 0) is 49.9 Å². The molecule has 1 saturated heterocycles. The zero-order valence-electron chi connectivity index (χ0n) is 16.8. The molecule has 1 atom stereocenters. The number of amides is 2. The van der Waals surface area contributed by atoms with Crippen LogP contribution in [0.3, 0.4) is 0 Å². The number of benzene rings is 2. The van der Waals surface area contributed by atoms with Crippen LogP contribution in [-0.4, -0.2) is 40.8 Å². The highest BCUT2D eigenvalue weighted by molar-refractivity contribution is 5.90. The van der Waals surface area contributed by atoms with Gasteiger partial charge in [0.1, 0.15) is 5.82 Å². The molecule has 7 nitrogen and oxygen atoms in total. The Kier molecular flexibility index (Phi) is 5.46. The Balaban J connectivity index is 1.32. The standard InChI is InChI=1S/C22H26N6O/c1-15-8-9-18(21-24-16(2)26-27-21)12-20(15)25-22(29)23-13-17-10-11-28(14-17)19-6-4-3-5-7-19/h3-9,12,17H,10-11,13-14H2,1-2H3,(H2,23,25,29)(H,24,26,27)/t17-/m1/s1. The molecule has 0 spiro atoms. The first-order chi connectivity index (χ1) is 14.1. The largest absolute Gasteiger partial charge is 0.371 e. The molecule has 0 unspecified atom stereocenters. The summed E-state index contributed by atoms with van der Waals surface area (Å²) >= 11 is 0. The van der Waals surface area contributed by atoms with Crippen molar-refractivity contribution in [3.63, 3.8) is 0 Å². The lowest BCUT2D eigenvalue weighted by Crippen LogP contribution is -2.34. The molecule has 3 N–H and O–H groups in total. The van der Waals surface area contributed by atoms with Crippen LogP contribution in [-0.2, 0) is 0 Å². The van der Waals surface area contributed by atoms with E-state index in [1.165, 1.54) is 5.69 Å². The number of para-hydroxylation sites is 1. The van der Waals surface area contributed by atoms with E-state index >= 15 is 0 Å². The quantitative estimate of drug-likeness (QED) is 0.619. The number of H-pyrrole nitrogens is 1. The van der Waals surface area contributed by atoms with Gasteiger partial charge in [0.25, 0.3) is 0 Å². The zero-order chi connectivity index (χ0) is 20.2. The molecule has 1 aromatic heterocycles. The fourth-order valence-corrected chi connectivity index (χ4v) is 3.64. The lowest BCUT2D eigenvalue weighted by Gasteiger charge is -2.19. The predicted molar refractivity (Wildman–Crippen MR) is 115 cm³/mol. The van der Waals surface area contributed by atoms with E-state index in [-0.39, 0.29) is 6.03 Å². The topological polar surface area (TPSA) is 85.9 Å². The van der Waals surface area contributed by atoms with Crippen LogP contribution in [0.4, 0.5) is 16.2 Å². The van der Waals surface area contributed by atoms with E-state index < -0.39 is 0 Å². The van der Waals surface area contributed by atoms with Gasteiger partial charge in [-0.15, -0.1) is 0 Å². The molecule has 29 heavy (non-hydrogen) atoms. The van der Waals surface area contributed by atoms with E-state index in [9.17, 15) is 4.79 Å². The number of urea groups is 1. The second-order valence-corrected chi connectivity index (χ2v) is 7.55. The van der Waals surface area contributed by atoms with E-state index in [0.29, 0.717) is 18.3 Å². The third kappa shape index (κ3) is 4.56. The maximum atomic E-state index is 12.5. The average molecular weight is 390 g/mol. The van der Waals surface area contributed by atoms with E-state index in [4.69, 9.17) is 0 Å². The molecule has 150 valence electrons. The number of carbonyl (C=O) groups is 1.